The van der Waals surface area contributed by atoms with Crippen LogP contribution in [0.15, 0.2) is 6.33 Å². The van der Waals surface area contributed by atoms with Crippen molar-refractivity contribution in [2.75, 3.05) is 24.3 Å². The fourth-order valence-electron chi connectivity index (χ4n) is 2.39. The predicted octanol–water partition coefficient (Wildman–Crippen LogP) is 2.97. The first-order valence-electron chi connectivity index (χ1n) is 7.34. The molecule has 114 valence electrons. The molecule has 0 spiro atoms. The zero-order valence-electron chi connectivity index (χ0n) is 13.0. The molecule has 0 aliphatic rings. The first-order valence-corrected chi connectivity index (χ1v) is 7.34. The van der Waals surface area contributed by atoms with E-state index in [0.29, 0.717) is 11.9 Å². The van der Waals surface area contributed by atoms with Gasteiger partial charge in [-0.3, -0.25) is 4.90 Å². The highest BCUT2D eigenvalue weighted by molar-refractivity contribution is 5.91. The molecule has 0 aromatic carbocycles. The van der Waals surface area contributed by atoms with Gasteiger partial charge in [0.25, 0.3) is 0 Å². The van der Waals surface area contributed by atoms with Crippen molar-refractivity contribution in [2.24, 2.45) is 5.73 Å². The van der Waals surface area contributed by atoms with E-state index in [2.05, 4.69) is 28.7 Å². The van der Waals surface area contributed by atoms with Gasteiger partial charge in [-0.25, -0.2) is 9.78 Å². The van der Waals surface area contributed by atoms with Crippen molar-refractivity contribution in [3.05, 3.63) is 6.33 Å². The van der Waals surface area contributed by atoms with E-state index < -0.39 is 6.03 Å². The number of nitrogens with one attached hydrogen (secondary N) is 1. The number of carbonyl (C=O) groups is 1. The van der Waals surface area contributed by atoms with Crippen LogP contribution in [-0.4, -0.2) is 29.7 Å². The fourth-order valence-corrected chi connectivity index (χ4v) is 2.39. The van der Waals surface area contributed by atoms with Crippen LogP contribution >= 0.6 is 0 Å². The summed E-state index contributed by atoms with van der Waals surface area (Å²) in [6.07, 6.45) is 7.62. The lowest BCUT2D eigenvalue weighted by molar-refractivity contribution is 0.255. The molecule has 1 heterocycles. The molecular weight excluding hydrogens is 254 g/mol. The summed E-state index contributed by atoms with van der Waals surface area (Å²) in [5.41, 5.74) is 5.32. The number of urea groups is 1. The van der Waals surface area contributed by atoms with Crippen molar-refractivity contribution in [3.63, 3.8) is 0 Å². The molecule has 6 heteroatoms. The van der Waals surface area contributed by atoms with Crippen LogP contribution < -0.4 is 16.0 Å². The molecule has 6 nitrogen and oxygen atoms in total. The molecule has 0 saturated heterocycles. The quantitative estimate of drug-likeness (QED) is 0.719. The van der Waals surface area contributed by atoms with E-state index in [1.165, 1.54) is 24.2 Å². The molecule has 2 amide bonds. The average molecular weight is 281 g/mol. The van der Waals surface area contributed by atoms with Crippen LogP contribution in [0.1, 0.15) is 52.0 Å². The Kier molecular flexibility index (Phi) is 6.35. The summed E-state index contributed by atoms with van der Waals surface area (Å²) in [5.74, 6) is 1.42. The molecule has 1 atom stereocenters. The van der Waals surface area contributed by atoms with Gasteiger partial charge in [0, 0.05) is 20.1 Å². The Morgan fingerprint density at radius 3 is 2.70 bits per heavy atom. The normalized spacial score (nSPS) is 12.2. The van der Waals surface area contributed by atoms with Crippen molar-refractivity contribution < 1.29 is 4.79 Å². The van der Waals surface area contributed by atoms with Gasteiger partial charge >= 0.3 is 6.03 Å². The molecule has 0 bridgehead atoms. The number of aromatic nitrogens is 2. The Labute approximate surface area is 121 Å². The molecular formula is C14H27N5O. The van der Waals surface area contributed by atoms with Gasteiger partial charge in [0.2, 0.25) is 0 Å². The molecule has 0 radical (unpaired) electrons. The number of rotatable bonds is 8. The predicted molar refractivity (Wildman–Crippen MR) is 83.2 cm³/mol. The number of amides is 2. The molecule has 0 fully saturated rings. The van der Waals surface area contributed by atoms with Gasteiger partial charge in [0.15, 0.2) is 11.6 Å². The summed E-state index contributed by atoms with van der Waals surface area (Å²) in [7, 11) is 3.47. The lowest BCUT2D eigenvalue weighted by atomic mass is 10.1. The van der Waals surface area contributed by atoms with Crippen molar-refractivity contribution in [2.45, 2.75) is 52.0 Å². The molecule has 0 aliphatic heterocycles. The molecule has 20 heavy (non-hydrogen) atoms. The van der Waals surface area contributed by atoms with Gasteiger partial charge < -0.3 is 15.6 Å². The second kappa shape index (κ2) is 7.77. The standard InChI is InChI=1S/C14H27N5O/c1-5-7-8-9-11(6-2)19-10-17-13(12(19)16-3)18(4)14(15)20/h10-11,16H,5-9H2,1-4H3,(H2,15,20). The van der Waals surface area contributed by atoms with Crippen LogP contribution in [0.25, 0.3) is 0 Å². The summed E-state index contributed by atoms with van der Waals surface area (Å²) in [6.45, 7) is 4.38. The monoisotopic (exact) mass is 281 g/mol. The summed E-state index contributed by atoms with van der Waals surface area (Å²) in [6, 6.07) is -0.114. The molecule has 1 aromatic heterocycles. The Morgan fingerprint density at radius 1 is 1.50 bits per heavy atom. The maximum Gasteiger partial charge on any atom is 0.320 e. The largest absolute Gasteiger partial charge is 0.371 e. The van der Waals surface area contributed by atoms with E-state index in [4.69, 9.17) is 5.73 Å². The van der Waals surface area contributed by atoms with Crippen LogP contribution in [-0.2, 0) is 0 Å². The minimum atomic E-state index is -0.509. The summed E-state index contributed by atoms with van der Waals surface area (Å²) >= 11 is 0. The van der Waals surface area contributed by atoms with Gasteiger partial charge in [-0.05, 0) is 12.8 Å². The Balaban J connectivity index is 2.96. The molecule has 3 N–H and O–H groups in total. The zero-order valence-corrected chi connectivity index (χ0v) is 13.0. The van der Waals surface area contributed by atoms with Gasteiger partial charge in [0.1, 0.15) is 0 Å². The summed E-state index contributed by atoms with van der Waals surface area (Å²) in [5, 5.41) is 3.14. The second-order valence-electron chi connectivity index (χ2n) is 5.03. The number of hydrogen-bond donors (Lipinski definition) is 2. The highest BCUT2D eigenvalue weighted by Gasteiger charge is 2.20. The Hall–Kier alpha value is -1.72. The molecule has 1 aromatic rings. The Bertz CT molecular complexity index is 429. The molecule has 1 unspecified atom stereocenters. The smallest absolute Gasteiger partial charge is 0.320 e. The van der Waals surface area contributed by atoms with Gasteiger partial charge in [-0.2, -0.15) is 0 Å². The maximum atomic E-state index is 11.3. The van der Waals surface area contributed by atoms with Crippen molar-refractivity contribution >= 4 is 17.7 Å². The number of nitrogens with zero attached hydrogens (tertiary/aromatic N) is 3. The summed E-state index contributed by atoms with van der Waals surface area (Å²) in [4.78, 5) is 17.0. The molecule has 0 aliphatic carbocycles. The summed E-state index contributed by atoms with van der Waals surface area (Å²) < 4.78 is 2.12. The number of carbonyl (C=O) groups excluding carboxylic acids is 1. The number of anilines is 2. The number of primary amides is 1. The molecule has 1 rings (SSSR count). The highest BCUT2D eigenvalue weighted by Crippen LogP contribution is 2.30. The van der Waals surface area contributed by atoms with Gasteiger partial charge in [-0.1, -0.05) is 33.1 Å². The van der Waals surface area contributed by atoms with E-state index in [9.17, 15) is 4.79 Å². The minimum Gasteiger partial charge on any atom is -0.371 e. The van der Waals surface area contributed by atoms with Crippen LogP contribution in [0, 0.1) is 0 Å². The van der Waals surface area contributed by atoms with Gasteiger partial charge in [0.05, 0.1) is 6.33 Å². The zero-order chi connectivity index (χ0) is 15.1. The minimum absolute atomic E-state index is 0.395. The van der Waals surface area contributed by atoms with Crippen LogP contribution in [0.2, 0.25) is 0 Å². The lowest BCUT2D eigenvalue weighted by Crippen LogP contribution is -2.32. The van der Waals surface area contributed by atoms with E-state index >= 15 is 0 Å². The molecule has 0 saturated carbocycles. The van der Waals surface area contributed by atoms with Crippen molar-refractivity contribution in [1.82, 2.24) is 9.55 Å². The van der Waals surface area contributed by atoms with Gasteiger partial charge in [-0.15, -0.1) is 0 Å². The number of hydrogen-bond acceptors (Lipinski definition) is 3. The third-order valence-electron chi connectivity index (χ3n) is 3.67. The highest BCUT2D eigenvalue weighted by atomic mass is 16.2. The van der Waals surface area contributed by atoms with Crippen LogP contribution in [0.4, 0.5) is 16.4 Å². The van der Waals surface area contributed by atoms with E-state index in [1.807, 2.05) is 7.05 Å². The van der Waals surface area contributed by atoms with E-state index in [-0.39, 0.29) is 0 Å². The first kappa shape index (κ1) is 16.3. The fraction of sp³-hybridized carbons (Fsp3) is 0.714. The third kappa shape index (κ3) is 3.65. The van der Waals surface area contributed by atoms with Crippen LogP contribution in [0.3, 0.4) is 0 Å². The third-order valence-corrected chi connectivity index (χ3v) is 3.67. The topological polar surface area (TPSA) is 76.2 Å². The van der Waals surface area contributed by atoms with E-state index in [0.717, 1.165) is 18.7 Å². The lowest BCUT2D eigenvalue weighted by Gasteiger charge is -2.21. The van der Waals surface area contributed by atoms with Crippen molar-refractivity contribution in [1.29, 1.82) is 0 Å². The number of imidazole rings is 1. The number of nitrogens with two attached hydrogens (primary N) is 1. The Morgan fingerprint density at radius 2 is 2.20 bits per heavy atom. The first-order chi connectivity index (χ1) is 9.56. The SMILES string of the molecule is CCCCCC(CC)n1cnc(N(C)C(N)=O)c1NC. The second-order valence-corrected chi connectivity index (χ2v) is 5.03. The van der Waals surface area contributed by atoms with Crippen LogP contribution in [0.5, 0.6) is 0 Å². The van der Waals surface area contributed by atoms with Crippen molar-refractivity contribution in [3.8, 4) is 0 Å². The average Bonchev–Trinajstić information content (AvgIpc) is 2.86. The van der Waals surface area contributed by atoms with E-state index in [1.54, 1.807) is 13.4 Å². The maximum absolute atomic E-state index is 11.3. The number of unbranched alkanes of at least 4 members (excludes halogenated alkanes) is 2.